The lowest BCUT2D eigenvalue weighted by atomic mass is 10.2. The average molecular weight is 389 g/mol. The van der Waals surface area contributed by atoms with Crippen molar-refractivity contribution < 1.29 is 18.9 Å². The van der Waals surface area contributed by atoms with Crippen LogP contribution < -0.4 is 10.1 Å². The van der Waals surface area contributed by atoms with Crippen LogP contribution in [0.25, 0.3) is 22.6 Å². The molecule has 0 saturated carbocycles. The summed E-state index contributed by atoms with van der Waals surface area (Å²) in [7, 11) is 0. The number of ether oxygens (including phenoxy) is 1. The number of nitro groups is 1. The Hall–Kier alpha value is -4.20. The summed E-state index contributed by atoms with van der Waals surface area (Å²) in [5.41, 5.74) is 2.46. The summed E-state index contributed by atoms with van der Waals surface area (Å²) in [4.78, 5) is 27.1. The molecule has 0 radical (unpaired) electrons. The molecule has 0 atom stereocenters. The van der Waals surface area contributed by atoms with Crippen LogP contribution in [-0.2, 0) is 4.79 Å². The van der Waals surface area contributed by atoms with E-state index in [-0.39, 0.29) is 18.0 Å². The van der Waals surface area contributed by atoms with Crippen LogP contribution >= 0.6 is 0 Å². The zero-order valence-corrected chi connectivity index (χ0v) is 15.1. The van der Waals surface area contributed by atoms with Crippen LogP contribution in [0.5, 0.6) is 5.75 Å². The second kappa shape index (κ2) is 7.81. The molecule has 4 rings (SSSR count). The number of rotatable bonds is 6. The van der Waals surface area contributed by atoms with Crippen molar-refractivity contribution in [3.8, 4) is 17.2 Å². The molecule has 8 nitrogen and oxygen atoms in total. The maximum absolute atomic E-state index is 12.2. The largest absolute Gasteiger partial charge is 0.477 e. The Morgan fingerprint density at radius 2 is 1.86 bits per heavy atom. The number of hydrogen-bond donors (Lipinski definition) is 1. The van der Waals surface area contributed by atoms with E-state index in [1.165, 1.54) is 18.2 Å². The molecule has 3 aromatic carbocycles. The van der Waals surface area contributed by atoms with Gasteiger partial charge >= 0.3 is 5.69 Å². The van der Waals surface area contributed by atoms with Crippen molar-refractivity contribution in [2.24, 2.45) is 0 Å². The van der Waals surface area contributed by atoms with Gasteiger partial charge < -0.3 is 14.5 Å². The van der Waals surface area contributed by atoms with Crippen LogP contribution in [0.2, 0.25) is 0 Å². The van der Waals surface area contributed by atoms with Crippen molar-refractivity contribution in [2.45, 2.75) is 0 Å². The quantitative estimate of drug-likeness (QED) is 0.386. The van der Waals surface area contributed by atoms with Crippen molar-refractivity contribution >= 4 is 28.4 Å². The van der Waals surface area contributed by atoms with E-state index in [2.05, 4.69) is 10.3 Å². The van der Waals surface area contributed by atoms with Crippen molar-refractivity contribution in [3.05, 3.63) is 82.9 Å². The first kappa shape index (κ1) is 18.2. The summed E-state index contributed by atoms with van der Waals surface area (Å²) in [6.45, 7) is -0.363. The van der Waals surface area contributed by atoms with Gasteiger partial charge in [0.2, 0.25) is 5.89 Å². The summed E-state index contributed by atoms with van der Waals surface area (Å²) in [6, 6.07) is 20.4. The van der Waals surface area contributed by atoms with Gasteiger partial charge in [-0.25, -0.2) is 4.98 Å². The highest BCUT2D eigenvalue weighted by molar-refractivity contribution is 5.92. The molecule has 29 heavy (non-hydrogen) atoms. The molecule has 144 valence electrons. The Labute approximate surface area is 164 Å². The highest BCUT2D eigenvalue weighted by Gasteiger charge is 2.15. The number of nitrogens with one attached hydrogen (secondary N) is 1. The molecule has 8 heteroatoms. The third kappa shape index (κ3) is 4.06. The predicted octanol–water partition coefficient (Wildman–Crippen LogP) is 4.42. The number of oxazole rings is 1. The van der Waals surface area contributed by atoms with Crippen LogP contribution in [-0.4, -0.2) is 22.4 Å². The maximum Gasteiger partial charge on any atom is 0.310 e. The summed E-state index contributed by atoms with van der Waals surface area (Å²) in [5.74, 6) is 0.0317. The number of fused-ring (bicyclic) bond motifs is 1. The zero-order chi connectivity index (χ0) is 20.2. The molecule has 4 aromatic rings. The molecular weight excluding hydrogens is 374 g/mol. The fraction of sp³-hybridized carbons (Fsp3) is 0.0476. The number of para-hydroxylation sites is 4. The van der Waals surface area contributed by atoms with Crippen LogP contribution in [0.4, 0.5) is 11.4 Å². The molecule has 0 aliphatic rings. The Morgan fingerprint density at radius 1 is 1.07 bits per heavy atom. The van der Waals surface area contributed by atoms with Gasteiger partial charge in [0, 0.05) is 17.3 Å². The normalized spacial score (nSPS) is 10.6. The van der Waals surface area contributed by atoms with Crippen molar-refractivity contribution in [1.29, 1.82) is 0 Å². The standard InChI is InChI=1S/C21H15N3O5/c25-20(13-28-19-11-4-2-9-17(19)24(26)27)22-15-7-5-6-14(12-15)21-23-16-8-1-3-10-18(16)29-21/h1-12H,13H2,(H,22,25). The highest BCUT2D eigenvalue weighted by atomic mass is 16.6. The second-order valence-electron chi connectivity index (χ2n) is 6.13. The van der Waals surface area contributed by atoms with Gasteiger partial charge in [0.05, 0.1) is 4.92 Å². The molecule has 0 spiro atoms. The number of anilines is 1. The van der Waals surface area contributed by atoms with Gasteiger partial charge in [-0.15, -0.1) is 0 Å². The molecule has 1 N–H and O–H groups in total. The van der Waals surface area contributed by atoms with E-state index in [0.717, 1.165) is 5.52 Å². The monoisotopic (exact) mass is 389 g/mol. The summed E-state index contributed by atoms with van der Waals surface area (Å²) in [5, 5.41) is 13.7. The fourth-order valence-corrected chi connectivity index (χ4v) is 2.80. The number of benzene rings is 3. The number of aromatic nitrogens is 1. The molecular formula is C21H15N3O5. The molecule has 0 aliphatic heterocycles. The Morgan fingerprint density at radius 3 is 2.69 bits per heavy atom. The first-order valence-corrected chi connectivity index (χ1v) is 8.72. The number of carbonyl (C=O) groups is 1. The summed E-state index contributed by atoms with van der Waals surface area (Å²) < 4.78 is 11.0. The van der Waals surface area contributed by atoms with E-state index < -0.39 is 10.8 Å². The lowest BCUT2D eigenvalue weighted by molar-refractivity contribution is -0.385. The van der Waals surface area contributed by atoms with Gasteiger partial charge in [-0.3, -0.25) is 14.9 Å². The topological polar surface area (TPSA) is 108 Å². The van der Waals surface area contributed by atoms with Crippen molar-refractivity contribution in [1.82, 2.24) is 4.98 Å². The number of nitrogens with zero attached hydrogens (tertiary/aromatic N) is 2. The molecule has 0 aliphatic carbocycles. The lowest BCUT2D eigenvalue weighted by Gasteiger charge is -2.08. The molecule has 0 saturated heterocycles. The van der Waals surface area contributed by atoms with E-state index in [1.54, 1.807) is 24.3 Å². The van der Waals surface area contributed by atoms with Gasteiger partial charge in [-0.2, -0.15) is 0 Å². The number of nitro benzene ring substituents is 1. The highest BCUT2D eigenvalue weighted by Crippen LogP contribution is 2.27. The van der Waals surface area contributed by atoms with Gasteiger partial charge in [-0.05, 0) is 36.4 Å². The first-order chi connectivity index (χ1) is 14.1. The van der Waals surface area contributed by atoms with Gasteiger partial charge in [-0.1, -0.05) is 30.3 Å². The Balaban J connectivity index is 1.45. The molecule has 1 aromatic heterocycles. The molecule has 0 fully saturated rings. The van der Waals surface area contributed by atoms with E-state index in [9.17, 15) is 14.9 Å². The minimum Gasteiger partial charge on any atom is -0.477 e. The Bertz CT molecular complexity index is 1170. The second-order valence-corrected chi connectivity index (χ2v) is 6.13. The summed E-state index contributed by atoms with van der Waals surface area (Å²) in [6.07, 6.45) is 0. The van der Waals surface area contributed by atoms with Gasteiger partial charge in [0.15, 0.2) is 17.9 Å². The molecule has 0 bridgehead atoms. The fourth-order valence-electron chi connectivity index (χ4n) is 2.80. The molecule has 1 amide bonds. The van der Waals surface area contributed by atoms with Crippen LogP contribution in [0, 0.1) is 10.1 Å². The first-order valence-electron chi connectivity index (χ1n) is 8.72. The van der Waals surface area contributed by atoms with E-state index in [0.29, 0.717) is 22.7 Å². The number of hydrogen-bond acceptors (Lipinski definition) is 6. The van der Waals surface area contributed by atoms with Crippen molar-refractivity contribution in [2.75, 3.05) is 11.9 Å². The van der Waals surface area contributed by atoms with Crippen LogP contribution in [0.1, 0.15) is 0 Å². The number of amides is 1. The predicted molar refractivity (Wildman–Crippen MR) is 107 cm³/mol. The third-order valence-electron chi connectivity index (χ3n) is 4.11. The van der Waals surface area contributed by atoms with Crippen LogP contribution in [0.3, 0.4) is 0 Å². The number of carbonyl (C=O) groups excluding carboxylic acids is 1. The van der Waals surface area contributed by atoms with E-state index in [1.807, 2.05) is 30.3 Å². The Kier molecular flexibility index (Phi) is 4.90. The maximum atomic E-state index is 12.2. The smallest absolute Gasteiger partial charge is 0.310 e. The molecule has 0 unspecified atom stereocenters. The van der Waals surface area contributed by atoms with Crippen molar-refractivity contribution in [3.63, 3.8) is 0 Å². The average Bonchev–Trinajstić information content (AvgIpc) is 3.17. The lowest BCUT2D eigenvalue weighted by Crippen LogP contribution is -2.20. The third-order valence-corrected chi connectivity index (χ3v) is 4.11. The minimum absolute atomic E-state index is 0.0351. The SMILES string of the molecule is O=C(COc1ccccc1[N+](=O)[O-])Nc1cccc(-c2nc3ccccc3o2)c1. The van der Waals surface area contributed by atoms with E-state index in [4.69, 9.17) is 9.15 Å². The molecule has 1 heterocycles. The van der Waals surface area contributed by atoms with E-state index >= 15 is 0 Å². The van der Waals surface area contributed by atoms with Crippen LogP contribution in [0.15, 0.2) is 77.2 Å². The summed E-state index contributed by atoms with van der Waals surface area (Å²) >= 11 is 0. The van der Waals surface area contributed by atoms with Gasteiger partial charge in [0.1, 0.15) is 5.52 Å². The zero-order valence-electron chi connectivity index (χ0n) is 15.1. The van der Waals surface area contributed by atoms with Gasteiger partial charge in [0.25, 0.3) is 5.91 Å². The minimum atomic E-state index is -0.558.